The van der Waals surface area contributed by atoms with Gasteiger partial charge in [0.2, 0.25) is 0 Å². The van der Waals surface area contributed by atoms with Crippen LogP contribution in [0, 0.1) is 6.92 Å². The molecule has 1 amide bonds. The summed E-state index contributed by atoms with van der Waals surface area (Å²) in [5, 5.41) is 3.52. The van der Waals surface area contributed by atoms with Gasteiger partial charge in [0.1, 0.15) is 11.0 Å². The highest BCUT2D eigenvalue weighted by Gasteiger charge is 2.10. The Labute approximate surface area is 115 Å². The number of aryl methyl sites for hydroxylation is 1. The number of carbonyl (C=O) groups excluding carboxylic acids is 1. The van der Waals surface area contributed by atoms with Gasteiger partial charge in [0, 0.05) is 10.6 Å². The lowest BCUT2D eigenvalue weighted by Crippen LogP contribution is -2.14. The van der Waals surface area contributed by atoms with E-state index < -0.39 is 0 Å². The third kappa shape index (κ3) is 3.00. The van der Waals surface area contributed by atoms with Gasteiger partial charge in [0.05, 0.1) is 0 Å². The van der Waals surface area contributed by atoms with Crippen LogP contribution in [0.15, 0.2) is 36.4 Å². The minimum absolute atomic E-state index is 0.259. The van der Waals surface area contributed by atoms with Gasteiger partial charge in [-0.2, -0.15) is 0 Å². The second-order valence-corrected chi connectivity index (χ2v) is 4.58. The molecule has 0 spiro atoms. The number of rotatable bonds is 2. The molecule has 0 saturated heterocycles. The highest BCUT2D eigenvalue weighted by atomic mass is 35.5. The molecule has 1 aromatic heterocycles. The van der Waals surface area contributed by atoms with Crippen LogP contribution in [-0.4, -0.2) is 10.9 Å². The zero-order valence-corrected chi connectivity index (χ0v) is 11.1. The van der Waals surface area contributed by atoms with Crippen molar-refractivity contribution in [1.29, 1.82) is 0 Å². The van der Waals surface area contributed by atoms with E-state index >= 15 is 0 Å². The first-order valence-corrected chi connectivity index (χ1v) is 6.02. The molecule has 2 rings (SSSR count). The number of benzene rings is 1. The highest BCUT2D eigenvalue weighted by molar-refractivity contribution is 6.31. The van der Waals surface area contributed by atoms with Crippen molar-refractivity contribution >= 4 is 34.9 Å². The van der Waals surface area contributed by atoms with Crippen LogP contribution in [0.5, 0.6) is 0 Å². The molecular weight excluding hydrogens is 271 g/mol. The molecule has 1 N–H and O–H groups in total. The molecule has 0 aliphatic carbocycles. The molecule has 0 bridgehead atoms. The molecule has 0 atom stereocenters. The monoisotopic (exact) mass is 280 g/mol. The van der Waals surface area contributed by atoms with Crippen LogP contribution in [-0.2, 0) is 0 Å². The molecule has 5 heteroatoms. The van der Waals surface area contributed by atoms with Gasteiger partial charge in [-0.25, -0.2) is 4.98 Å². The smallest absolute Gasteiger partial charge is 0.257 e. The number of halogens is 2. The van der Waals surface area contributed by atoms with Gasteiger partial charge in [-0.1, -0.05) is 35.3 Å². The summed E-state index contributed by atoms with van der Waals surface area (Å²) in [7, 11) is 0. The molecule has 2 aromatic rings. The molecule has 0 fully saturated rings. The van der Waals surface area contributed by atoms with Gasteiger partial charge in [0.15, 0.2) is 0 Å². The van der Waals surface area contributed by atoms with Gasteiger partial charge in [0.25, 0.3) is 5.91 Å². The normalized spacial score (nSPS) is 10.2. The molecule has 1 heterocycles. The molecule has 0 saturated carbocycles. The summed E-state index contributed by atoms with van der Waals surface area (Å²) in [6.45, 7) is 1.84. The van der Waals surface area contributed by atoms with Gasteiger partial charge >= 0.3 is 0 Å². The summed E-state index contributed by atoms with van der Waals surface area (Å²) in [5.74, 6) is 0.150. The third-order valence-electron chi connectivity index (χ3n) is 2.40. The fourth-order valence-corrected chi connectivity index (χ4v) is 1.84. The van der Waals surface area contributed by atoms with Crippen LogP contribution < -0.4 is 5.32 Å². The second kappa shape index (κ2) is 5.38. The van der Waals surface area contributed by atoms with Crippen LogP contribution >= 0.6 is 23.2 Å². The summed E-state index contributed by atoms with van der Waals surface area (Å²) in [6, 6.07) is 10.2. The van der Waals surface area contributed by atoms with E-state index in [1.165, 1.54) is 0 Å². The van der Waals surface area contributed by atoms with Crippen LogP contribution in [0.25, 0.3) is 0 Å². The molecule has 92 valence electrons. The molecule has 0 aliphatic heterocycles. The number of pyridine rings is 1. The number of hydrogen-bond donors (Lipinski definition) is 1. The largest absolute Gasteiger partial charge is 0.307 e. The van der Waals surface area contributed by atoms with Crippen molar-refractivity contribution in [2.24, 2.45) is 0 Å². The maximum absolute atomic E-state index is 12.0. The lowest BCUT2D eigenvalue weighted by Gasteiger charge is -2.07. The first-order valence-electron chi connectivity index (χ1n) is 5.26. The average Bonchev–Trinajstić information content (AvgIpc) is 2.32. The van der Waals surface area contributed by atoms with Crippen molar-refractivity contribution in [3.05, 3.63) is 57.7 Å². The molecule has 0 unspecified atom stereocenters. The Balaban J connectivity index is 2.24. The minimum atomic E-state index is -0.259. The van der Waals surface area contributed by atoms with Crippen LogP contribution in [0.2, 0.25) is 10.2 Å². The predicted molar refractivity (Wildman–Crippen MR) is 73.4 cm³/mol. The van der Waals surface area contributed by atoms with Crippen LogP contribution in [0.4, 0.5) is 5.82 Å². The molecule has 0 radical (unpaired) electrons. The van der Waals surface area contributed by atoms with E-state index in [1.54, 1.807) is 36.4 Å². The lowest BCUT2D eigenvalue weighted by atomic mass is 10.1. The van der Waals surface area contributed by atoms with Crippen molar-refractivity contribution in [3.63, 3.8) is 0 Å². The molecule has 1 aromatic carbocycles. The SMILES string of the molecule is Cc1ccc(Cl)cc1C(=O)Nc1cccc(Cl)n1. The zero-order chi connectivity index (χ0) is 13.1. The zero-order valence-electron chi connectivity index (χ0n) is 9.58. The number of hydrogen-bond acceptors (Lipinski definition) is 2. The summed E-state index contributed by atoms with van der Waals surface area (Å²) >= 11 is 11.6. The average molecular weight is 281 g/mol. The summed E-state index contributed by atoms with van der Waals surface area (Å²) in [5.41, 5.74) is 1.36. The van der Waals surface area contributed by atoms with Gasteiger partial charge in [-0.3, -0.25) is 4.79 Å². The van der Waals surface area contributed by atoms with E-state index in [0.717, 1.165) is 5.56 Å². The fraction of sp³-hybridized carbons (Fsp3) is 0.0769. The predicted octanol–water partition coefficient (Wildman–Crippen LogP) is 3.95. The van der Waals surface area contributed by atoms with Crippen molar-refractivity contribution < 1.29 is 4.79 Å². The fourth-order valence-electron chi connectivity index (χ4n) is 1.50. The van der Waals surface area contributed by atoms with Gasteiger partial charge < -0.3 is 5.32 Å². The van der Waals surface area contributed by atoms with Crippen molar-refractivity contribution in [2.75, 3.05) is 5.32 Å². The third-order valence-corrected chi connectivity index (χ3v) is 2.85. The van der Waals surface area contributed by atoms with Gasteiger partial charge in [-0.15, -0.1) is 0 Å². The molecular formula is C13H10Cl2N2O. The number of amides is 1. The first-order chi connectivity index (χ1) is 8.56. The van der Waals surface area contributed by atoms with Crippen molar-refractivity contribution in [3.8, 4) is 0 Å². The Kier molecular flexibility index (Phi) is 3.84. The van der Waals surface area contributed by atoms with E-state index in [1.807, 2.05) is 6.92 Å². The van der Waals surface area contributed by atoms with Crippen LogP contribution in [0.3, 0.4) is 0 Å². The first kappa shape index (κ1) is 12.9. The van der Waals surface area contributed by atoms with E-state index in [-0.39, 0.29) is 5.91 Å². The molecule has 3 nitrogen and oxygen atoms in total. The number of carbonyl (C=O) groups is 1. The Morgan fingerprint density at radius 3 is 2.72 bits per heavy atom. The number of nitrogens with one attached hydrogen (secondary N) is 1. The Hall–Kier alpha value is -1.58. The Morgan fingerprint density at radius 1 is 1.22 bits per heavy atom. The number of aromatic nitrogens is 1. The van der Waals surface area contributed by atoms with E-state index in [9.17, 15) is 4.79 Å². The van der Waals surface area contributed by atoms with E-state index in [0.29, 0.717) is 21.6 Å². The molecule has 18 heavy (non-hydrogen) atoms. The van der Waals surface area contributed by atoms with Crippen molar-refractivity contribution in [1.82, 2.24) is 4.98 Å². The maximum atomic E-state index is 12.0. The summed E-state index contributed by atoms with van der Waals surface area (Å²) in [6.07, 6.45) is 0. The quantitative estimate of drug-likeness (QED) is 0.847. The Bertz CT molecular complexity index is 599. The molecule has 0 aliphatic rings. The maximum Gasteiger partial charge on any atom is 0.257 e. The van der Waals surface area contributed by atoms with Gasteiger partial charge in [-0.05, 0) is 36.8 Å². The topological polar surface area (TPSA) is 42.0 Å². The van der Waals surface area contributed by atoms with E-state index in [2.05, 4.69) is 10.3 Å². The minimum Gasteiger partial charge on any atom is -0.307 e. The number of anilines is 1. The summed E-state index contributed by atoms with van der Waals surface area (Å²) < 4.78 is 0. The van der Waals surface area contributed by atoms with Crippen LogP contribution in [0.1, 0.15) is 15.9 Å². The number of nitrogens with zero attached hydrogens (tertiary/aromatic N) is 1. The summed E-state index contributed by atoms with van der Waals surface area (Å²) in [4.78, 5) is 16.0. The van der Waals surface area contributed by atoms with Crippen molar-refractivity contribution in [2.45, 2.75) is 6.92 Å². The van der Waals surface area contributed by atoms with E-state index in [4.69, 9.17) is 23.2 Å². The standard InChI is InChI=1S/C13H10Cl2N2O/c1-8-5-6-9(14)7-10(8)13(18)17-12-4-2-3-11(15)16-12/h2-7H,1H3,(H,16,17,18). The second-order valence-electron chi connectivity index (χ2n) is 3.76. The Morgan fingerprint density at radius 2 is 2.00 bits per heavy atom. The highest BCUT2D eigenvalue weighted by Crippen LogP contribution is 2.17. The lowest BCUT2D eigenvalue weighted by molar-refractivity contribution is 0.102.